The summed E-state index contributed by atoms with van der Waals surface area (Å²) in [5, 5.41) is 2.81. The van der Waals surface area contributed by atoms with Crippen LogP contribution in [0.3, 0.4) is 0 Å². The molecule has 1 heterocycles. The number of anilines is 1. The van der Waals surface area contributed by atoms with Crippen LogP contribution in [0, 0.1) is 5.92 Å². The van der Waals surface area contributed by atoms with E-state index in [1.54, 1.807) is 0 Å². The van der Waals surface area contributed by atoms with E-state index < -0.39 is 16.0 Å². The first-order valence-corrected chi connectivity index (χ1v) is 12.3. The Morgan fingerprint density at radius 1 is 1.07 bits per heavy atom. The van der Waals surface area contributed by atoms with Gasteiger partial charge in [-0.25, -0.2) is 13.2 Å². The largest absolute Gasteiger partial charge is 0.452 e. The lowest BCUT2D eigenvalue weighted by Crippen LogP contribution is -2.33. The van der Waals surface area contributed by atoms with E-state index in [1.165, 1.54) is 55.7 Å². The third-order valence-electron chi connectivity index (χ3n) is 4.83. The van der Waals surface area contributed by atoms with Gasteiger partial charge in [-0.15, -0.1) is 11.3 Å². The maximum absolute atomic E-state index is 12.3. The molecule has 162 valence electrons. The number of nitrogens with one attached hydrogen (secondary N) is 2. The number of carbonyl (C=O) groups excluding carboxylic acids is 2. The lowest BCUT2D eigenvalue weighted by atomic mass is 9.89. The molecule has 1 aliphatic rings. The number of carbonyl (C=O) groups is 2. The summed E-state index contributed by atoms with van der Waals surface area (Å²) in [6, 6.07) is 8.69. The van der Waals surface area contributed by atoms with Crippen molar-refractivity contribution >= 4 is 50.5 Å². The molecule has 1 fully saturated rings. The predicted octanol–water partition coefficient (Wildman–Crippen LogP) is 4.06. The van der Waals surface area contributed by atoms with E-state index in [4.69, 9.17) is 16.3 Å². The molecule has 1 saturated carbocycles. The average molecular weight is 471 g/mol. The van der Waals surface area contributed by atoms with Gasteiger partial charge in [0.15, 0.2) is 6.61 Å². The zero-order chi connectivity index (χ0) is 21.6. The Labute approximate surface area is 184 Å². The molecule has 2 aromatic rings. The second-order valence-electron chi connectivity index (χ2n) is 7.13. The van der Waals surface area contributed by atoms with E-state index in [2.05, 4.69) is 10.0 Å². The molecule has 0 atom stereocenters. The summed E-state index contributed by atoms with van der Waals surface area (Å²) in [6.45, 7) is 0.264. The van der Waals surface area contributed by atoms with Gasteiger partial charge in [-0.2, -0.15) is 0 Å². The summed E-state index contributed by atoms with van der Waals surface area (Å²) in [4.78, 5) is 24.0. The Bertz CT molecular complexity index is 983. The molecule has 1 amide bonds. The maximum atomic E-state index is 12.3. The van der Waals surface area contributed by atoms with E-state index in [1.807, 2.05) is 0 Å². The van der Waals surface area contributed by atoms with Crippen molar-refractivity contribution in [1.82, 2.24) is 5.32 Å². The Morgan fingerprint density at radius 2 is 1.77 bits per heavy atom. The Morgan fingerprint density at radius 3 is 2.40 bits per heavy atom. The van der Waals surface area contributed by atoms with E-state index in [0.717, 1.165) is 24.2 Å². The fraction of sp³-hybridized carbons (Fsp3) is 0.400. The Hall–Kier alpha value is -2.10. The van der Waals surface area contributed by atoms with Gasteiger partial charge in [-0.3, -0.25) is 9.52 Å². The molecule has 7 nitrogen and oxygen atoms in total. The highest BCUT2D eigenvalue weighted by Gasteiger charge is 2.18. The maximum Gasteiger partial charge on any atom is 0.338 e. The highest BCUT2D eigenvalue weighted by molar-refractivity contribution is 7.94. The molecule has 0 radical (unpaired) electrons. The molecular formula is C20H23ClN2O5S2. The van der Waals surface area contributed by atoms with Crippen molar-refractivity contribution in [1.29, 1.82) is 0 Å². The number of ether oxygens (including phenoxy) is 1. The number of halogens is 1. The summed E-state index contributed by atoms with van der Waals surface area (Å²) in [6.07, 6.45) is 5.89. The normalized spacial score (nSPS) is 14.8. The molecule has 2 N–H and O–H groups in total. The molecule has 1 aromatic heterocycles. The van der Waals surface area contributed by atoms with Crippen molar-refractivity contribution in [3.63, 3.8) is 0 Å². The van der Waals surface area contributed by atoms with Gasteiger partial charge >= 0.3 is 5.97 Å². The van der Waals surface area contributed by atoms with E-state index >= 15 is 0 Å². The van der Waals surface area contributed by atoms with Crippen molar-refractivity contribution in [3.05, 3.63) is 46.3 Å². The SMILES string of the molecule is O=C(COC(=O)c1ccc(NS(=O)(=O)c2ccc(Cl)s2)cc1)NCC1CCCCC1. The number of thiophene rings is 1. The molecular weight excluding hydrogens is 448 g/mol. The van der Waals surface area contributed by atoms with Crippen molar-refractivity contribution in [2.24, 2.45) is 5.92 Å². The van der Waals surface area contributed by atoms with Crippen LogP contribution in [0.25, 0.3) is 0 Å². The highest BCUT2D eigenvalue weighted by Crippen LogP contribution is 2.27. The average Bonchev–Trinajstić information content (AvgIpc) is 3.19. The van der Waals surface area contributed by atoms with Gasteiger partial charge in [-0.05, 0) is 55.2 Å². The van der Waals surface area contributed by atoms with Gasteiger partial charge in [0, 0.05) is 12.2 Å². The van der Waals surface area contributed by atoms with Gasteiger partial charge in [0.1, 0.15) is 4.21 Å². The smallest absolute Gasteiger partial charge is 0.338 e. The minimum Gasteiger partial charge on any atom is -0.452 e. The second-order valence-corrected chi connectivity index (χ2v) is 10.7. The number of benzene rings is 1. The zero-order valence-electron chi connectivity index (χ0n) is 16.2. The fourth-order valence-corrected chi connectivity index (χ4v) is 5.78. The number of amides is 1. The van der Waals surface area contributed by atoms with Crippen LogP contribution in [0.1, 0.15) is 42.5 Å². The zero-order valence-corrected chi connectivity index (χ0v) is 18.6. The number of hydrogen-bond acceptors (Lipinski definition) is 6. The van der Waals surface area contributed by atoms with E-state index in [0.29, 0.717) is 22.5 Å². The van der Waals surface area contributed by atoms with Crippen LogP contribution in [0.4, 0.5) is 5.69 Å². The third kappa shape index (κ3) is 6.45. The third-order valence-corrected chi connectivity index (χ3v) is 7.94. The minimum atomic E-state index is -3.75. The first-order chi connectivity index (χ1) is 14.3. The van der Waals surface area contributed by atoms with Gasteiger partial charge < -0.3 is 10.1 Å². The van der Waals surface area contributed by atoms with Crippen LogP contribution in [-0.4, -0.2) is 33.4 Å². The number of hydrogen-bond donors (Lipinski definition) is 2. The Balaban J connectivity index is 1.47. The van der Waals surface area contributed by atoms with Crippen molar-refractivity contribution in [3.8, 4) is 0 Å². The molecule has 30 heavy (non-hydrogen) atoms. The lowest BCUT2D eigenvalue weighted by molar-refractivity contribution is -0.124. The Kier molecular flexibility index (Phi) is 7.74. The molecule has 0 spiro atoms. The van der Waals surface area contributed by atoms with Gasteiger partial charge in [0.2, 0.25) is 0 Å². The first kappa shape index (κ1) is 22.6. The lowest BCUT2D eigenvalue weighted by Gasteiger charge is -2.21. The van der Waals surface area contributed by atoms with Crippen LogP contribution in [0.15, 0.2) is 40.6 Å². The summed E-state index contributed by atoms with van der Waals surface area (Å²) in [5.74, 6) is -0.477. The van der Waals surface area contributed by atoms with Crippen LogP contribution < -0.4 is 10.0 Å². The van der Waals surface area contributed by atoms with Gasteiger partial charge in [-0.1, -0.05) is 30.9 Å². The summed E-state index contributed by atoms with van der Waals surface area (Å²) >= 11 is 6.73. The van der Waals surface area contributed by atoms with Crippen LogP contribution in [0.5, 0.6) is 0 Å². The molecule has 0 saturated heterocycles. The summed E-state index contributed by atoms with van der Waals surface area (Å²) in [7, 11) is -3.75. The van der Waals surface area contributed by atoms with Gasteiger partial charge in [0.25, 0.3) is 15.9 Å². The van der Waals surface area contributed by atoms with E-state index in [9.17, 15) is 18.0 Å². The first-order valence-electron chi connectivity index (χ1n) is 9.65. The van der Waals surface area contributed by atoms with Crippen LogP contribution in [-0.2, 0) is 19.6 Å². The quantitative estimate of drug-likeness (QED) is 0.566. The minimum absolute atomic E-state index is 0.0928. The molecule has 0 bridgehead atoms. The van der Waals surface area contributed by atoms with Crippen LogP contribution >= 0.6 is 22.9 Å². The highest BCUT2D eigenvalue weighted by atomic mass is 35.5. The van der Waals surface area contributed by atoms with E-state index in [-0.39, 0.29) is 22.3 Å². The second kappa shape index (κ2) is 10.3. The van der Waals surface area contributed by atoms with Crippen molar-refractivity contribution < 1.29 is 22.7 Å². The van der Waals surface area contributed by atoms with Gasteiger partial charge in [0.05, 0.1) is 9.90 Å². The van der Waals surface area contributed by atoms with Crippen molar-refractivity contribution in [2.75, 3.05) is 17.9 Å². The molecule has 1 aromatic carbocycles. The molecule has 1 aliphatic carbocycles. The number of rotatable bonds is 8. The molecule has 0 unspecified atom stereocenters. The molecule has 10 heteroatoms. The summed E-state index contributed by atoms with van der Waals surface area (Å²) in [5.41, 5.74) is 0.512. The molecule has 3 rings (SSSR count). The van der Waals surface area contributed by atoms with Crippen molar-refractivity contribution in [2.45, 2.75) is 36.3 Å². The number of sulfonamides is 1. The fourth-order valence-electron chi connectivity index (χ4n) is 3.24. The topological polar surface area (TPSA) is 102 Å². The number of esters is 1. The summed E-state index contributed by atoms with van der Waals surface area (Å²) < 4.78 is 32.5. The predicted molar refractivity (Wildman–Crippen MR) is 116 cm³/mol. The standard InChI is InChI=1S/C20H23ClN2O5S2/c21-17-10-11-19(29-17)30(26,27)23-16-8-6-15(7-9-16)20(25)28-13-18(24)22-12-14-4-2-1-3-5-14/h6-11,14,23H,1-5,12-13H2,(H,22,24). The monoisotopic (exact) mass is 470 g/mol. The molecule has 0 aliphatic heterocycles. The van der Waals surface area contributed by atoms with Crippen LogP contribution in [0.2, 0.25) is 4.34 Å².